The van der Waals surface area contributed by atoms with Gasteiger partial charge < -0.3 is 19.9 Å². The molecule has 0 heterocycles. The highest BCUT2D eigenvalue weighted by molar-refractivity contribution is 5.77. The molecule has 0 aliphatic heterocycles. The molecule has 0 unspecified atom stereocenters. The Morgan fingerprint density at radius 3 is 2.39 bits per heavy atom. The van der Waals surface area contributed by atoms with Crippen molar-refractivity contribution in [2.75, 3.05) is 26.1 Å². The lowest BCUT2D eigenvalue weighted by Gasteiger charge is -2.16. The molecule has 0 fully saturated rings. The fourth-order valence-corrected chi connectivity index (χ4v) is 1.99. The van der Waals surface area contributed by atoms with Crippen molar-refractivity contribution >= 4 is 5.69 Å². The predicted molar refractivity (Wildman–Crippen MR) is 80.3 cm³/mol. The number of alkyl halides is 3. The third-order valence-electron chi connectivity index (χ3n) is 2.99. The van der Waals surface area contributed by atoms with E-state index in [0.29, 0.717) is 16.8 Å². The van der Waals surface area contributed by atoms with E-state index in [2.05, 4.69) is 4.74 Å². The molecule has 0 atom stereocenters. The number of hydrogen-bond donors (Lipinski definition) is 1. The van der Waals surface area contributed by atoms with E-state index in [1.54, 1.807) is 24.3 Å². The third kappa shape index (κ3) is 4.79. The van der Waals surface area contributed by atoms with E-state index >= 15 is 0 Å². The van der Waals surface area contributed by atoms with Crippen LogP contribution < -0.4 is 15.2 Å². The number of benzene rings is 2. The molecule has 124 valence electrons. The van der Waals surface area contributed by atoms with Gasteiger partial charge in [0.05, 0.1) is 6.61 Å². The Morgan fingerprint density at radius 2 is 1.74 bits per heavy atom. The molecule has 0 aliphatic carbocycles. The highest BCUT2D eigenvalue weighted by Crippen LogP contribution is 2.37. The van der Waals surface area contributed by atoms with Crippen LogP contribution in [0.1, 0.15) is 0 Å². The Labute approximate surface area is 131 Å². The second-order valence-electron chi connectivity index (χ2n) is 4.64. The van der Waals surface area contributed by atoms with Gasteiger partial charge in [0, 0.05) is 18.4 Å². The second-order valence-corrected chi connectivity index (χ2v) is 4.64. The summed E-state index contributed by atoms with van der Waals surface area (Å²) >= 11 is 0. The van der Waals surface area contributed by atoms with Gasteiger partial charge in [-0.2, -0.15) is 0 Å². The van der Waals surface area contributed by atoms with Crippen LogP contribution in [-0.4, -0.2) is 26.7 Å². The number of anilines is 1. The fourth-order valence-electron chi connectivity index (χ4n) is 1.99. The molecular formula is C16H16F3NO3. The number of halogens is 3. The van der Waals surface area contributed by atoms with Gasteiger partial charge in [0.15, 0.2) is 11.5 Å². The molecule has 0 amide bonds. The maximum atomic E-state index is 12.5. The molecule has 2 rings (SSSR count). The summed E-state index contributed by atoms with van der Waals surface area (Å²) in [5, 5.41) is 0. The van der Waals surface area contributed by atoms with Crippen molar-refractivity contribution in [2.45, 2.75) is 6.36 Å². The molecule has 2 N–H and O–H groups in total. The van der Waals surface area contributed by atoms with Gasteiger partial charge >= 0.3 is 6.36 Å². The largest absolute Gasteiger partial charge is 0.573 e. The molecule has 0 saturated heterocycles. The summed E-state index contributed by atoms with van der Waals surface area (Å²) in [6, 6.07) is 11.2. The zero-order chi connectivity index (χ0) is 16.9. The SMILES string of the molecule is COCCOc1cc(-c2ccccc2N)ccc1OC(F)(F)F. The van der Waals surface area contributed by atoms with E-state index < -0.39 is 12.1 Å². The fraction of sp³-hybridized carbons (Fsp3) is 0.250. The average Bonchev–Trinajstić information content (AvgIpc) is 2.48. The van der Waals surface area contributed by atoms with Crippen LogP contribution >= 0.6 is 0 Å². The maximum absolute atomic E-state index is 12.5. The number of nitrogens with two attached hydrogens (primary N) is 1. The Balaban J connectivity index is 2.36. The molecule has 2 aromatic rings. The minimum Gasteiger partial charge on any atom is -0.487 e. The normalized spacial score (nSPS) is 11.3. The highest BCUT2D eigenvalue weighted by Gasteiger charge is 2.32. The zero-order valence-corrected chi connectivity index (χ0v) is 12.4. The Hall–Kier alpha value is -2.41. The van der Waals surface area contributed by atoms with Gasteiger partial charge in [0.1, 0.15) is 6.61 Å². The first-order valence-corrected chi connectivity index (χ1v) is 6.77. The van der Waals surface area contributed by atoms with E-state index in [4.69, 9.17) is 15.2 Å². The van der Waals surface area contributed by atoms with E-state index in [9.17, 15) is 13.2 Å². The molecule has 4 nitrogen and oxygen atoms in total. The topological polar surface area (TPSA) is 53.7 Å². The molecule has 0 radical (unpaired) electrons. The van der Waals surface area contributed by atoms with Crippen molar-refractivity contribution < 1.29 is 27.4 Å². The summed E-state index contributed by atoms with van der Waals surface area (Å²) in [5.41, 5.74) is 7.73. The van der Waals surface area contributed by atoms with Crippen molar-refractivity contribution in [3.8, 4) is 22.6 Å². The number of methoxy groups -OCH3 is 1. The Morgan fingerprint density at radius 1 is 1.00 bits per heavy atom. The summed E-state index contributed by atoms with van der Waals surface area (Å²) in [7, 11) is 1.47. The van der Waals surface area contributed by atoms with Crippen molar-refractivity contribution in [1.82, 2.24) is 0 Å². The van der Waals surface area contributed by atoms with Crippen LogP contribution in [0, 0.1) is 0 Å². The first-order chi connectivity index (χ1) is 10.9. The van der Waals surface area contributed by atoms with Gasteiger partial charge in [-0.15, -0.1) is 13.2 Å². The summed E-state index contributed by atoms with van der Waals surface area (Å²) in [6.07, 6.45) is -4.80. The summed E-state index contributed by atoms with van der Waals surface area (Å²) in [4.78, 5) is 0. The lowest BCUT2D eigenvalue weighted by molar-refractivity contribution is -0.275. The Kier molecular flexibility index (Phi) is 5.33. The molecule has 0 bridgehead atoms. The zero-order valence-electron chi connectivity index (χ0n) is 12.4. The number of nitrogen functional groups attached to an aromatic ring is 1. The molecule has 23 heavy (non-hydrogen) atoms. The van der Waals surface area contributed by atoms with Gasteiger partial charge in [-0.1, -0.05) is 24.3 Å². The smallest absolute Gasteiger partial charge is 0.487 e. The van der Waals surface area contributed by atoms with Crippen LogP contribution in [0.5, 0.6) is 11.5 Å². The monoisotopic (exact) mass is 327 g/mol. The van der Waals surface area contributed by atoms with Crippen LogP contribution in [-0.2, 0) is 4.74 Å². The standard InChI is InChI=1S/C16H16F3NO3/c1-21-8-9-22-15-10-11(12-4-2-3-5-13(12)20)6-7-14(15)23-16(17,18)19/h2-7,10H,8-9,20H2,1H3. The van der Waals surface area contributed by atoms with Gasteiger partial charge in [-0.3, -0.25) is 0 Å². The first kappa shape index (κ1) is 17.0. The molecule has 7 heteroatoms. The summed E-state index contributed by atoms with van der Waals surface area (Å²) < 4.78 is 51.6. The van der Waals surface area contributed by atoms with Gasteiger partial charge in [0.25, 0.3) is 0 Å². The number of para-hydroxylation sites is 1. The van der Waals surface area contributed by atoms with Gasteiger partial charge in [-0.05, 0) is 23.8 Å². The van der Waals surface area contributed by atoms with Crippen LogP contribution in [0.2, 0.25) is 0 Å². The van der Waals surface area contributed by atoms with Gasteiger partial charge in [0.2, 0.25) is 0 Å². The predicted octanol–water partition coefficient (Wildman–Crippen LogP) is 3.86. The molecule has 0 spiro atoms. The minimum atomic E-state index is -4.80. The molecule has 0 saturated carbocycles. The van der Waals surface area contributed by atoms with Crippen LogP contribution in [0.4, 0.5) is 18.9 Å². The third-order valence-corrected chi connectivity index (χ3v) is 2.99. The lowest BCUT2D eigenvalue weighted by atomic mass is 10.0. The summed E-state index contributed by atoms with van der Waals surface area (Å²) in [5.74, 6) is -0.438. The van der Waals surface area contributed by atoms with Crippen molar-refractivity contribution in [3.63, 3.8) is 0 Å². The minimum absolute atomic E-state index is 0.0277. The lowest BCUT2D eigenvalue weighted by Crippen LogP contribution is -2.18. The summed E-state index contributed by atoms with van der Waals surface area (Å²) in [6.45, 7) is 0.335. The number of rotatable bonds is 6. The van der Waals surface area contributed by atoms with Crippen LogP contribution in [0.25, 0.3) is 11.1 Å². The average molecular weight is 327 g/mol. The molecule has 2 aromatic carbocycles. The van der Waals surface area contributed by atoms with E-state index in [1.807, 2.05) is 0 Å². The highest BCUT2D eigenvalue weighted by atomic mass is 19.4. The number of ether oxygens (including phenoxy) is 3. The van der Waals surface area contributed by atoms with E-state index in [0.717, 1.165) is 0 Å². The van der Waals surface area contributed by atoms with Gasteiger partial charge in [-0.25, -0.2) is 0 Å². The van der Waals surface area contributed by atoms with Crippen molar-refractivity contribution in [2.24, 2.45) is 0 Å². The van der Waals surface area contributed by atoms with Crippen molar-refractivity contribution in [3.05, 3.63) is 42.5 Å². The first-order valence-electron chi connectivity index (χ1n) is 6.77. The Bertz CT molecular complexity index is 659. The number of hydrogen-bond acceptors (Lipinski definition) is 4. The van der Waals surface area contributed by atoms with Crippen LogP contribution in [0.15, 0.2) is 42.5 Å². The van der Waals surface area contributed by atoms with E-state index in [1.165, 1.54) is 25.3 Å². The van der Waals surface area contributed by atoms with E-state index in [-0.39, 0.29) is 19.0 Å². The van der Waals surface area contributed by atoms with Crippen LogP contribution in [0.3, 0.4) is 0 Å². The quantitative estimate of drug-likeness (QED) is 0.646. The second kappa shape index (κ2) is 7.23. The molecule has 0 aliphatic rings. The molecular weight excluding hydrogens is 311 g/mol. The maximum Gasteiger partial charge on any atom is 0.573 e. The molecule has 0 aromatic heterocycles. The van der Waals surface area contributed by atoms with Crippen molar-refractivity contribution in [1.29, 1.82) is 0 Å².